The van der Waals surface area contributed by atoms with Crippen molar-refractivity contribution < 1.29 is 0 Å². The summed E-state index contributed by atoms with van der Waals surface area (Å²) in [5.74, 6) is 0.625. The van der Waals surface area contributed by atoms with Gasteiger partial charge in [0.1, 0.15) is 5.82 Å². The molecule has 0 bridgehead atoms. The van der Waals surface area contributed by atoms with Gasteiger partial charge in [0.2, 0.25) is 0 Å². The predicted octanol–water partition coefficient (Wildman–Crippen LogP) is 1.49. The van der Waals surface area contributed by atoms with Crippen LogP contribution in [0.3, 0.4) is 0 Å². The highest BCUT2D eigenvalue weighted by molar-refractivity contribution is 5.41. The zero-order chi connectivity index (χ0) is 11.0. The van der Waals surface area contributed by atoms with Crippen molar-refractivity contribution in [1.82, 2.24) is 14.8 Å². The topological polar surface area (TPSA) is 50.7 Å². The van der Waals surface area contributed by atoms with Crippen LogP contribution in [0.5, 0.6) is 0 Å². The Bertz CT molecular complexity index is 551. The highest BCUT2D eigenvalue weighted by Crippen LogP contribution is 2.12. The first-order valence-electron chi connectivity index (χ1n) is 4.81. The number of H-pyrrole nitrogens is 1. The number of aromatic amines is 1. The van der Waals surface area contributed by atoms with E-state index in [1.807, 2.05) is 32.0 Å². The zero-order valence-electron chi connectivity index (χ0n) is 9.03. The van der Waals surface area contributed by atoms with Gasteiger partial charge in [-0.15, -0.1) is 0 Å². The van der Waals surface area contributed by atoms with E-state index < -0.39 is 0 Å². The molecule has 1 N–H and O–H groups in total. The second kappa shape index (κ2) is 3.38. The quantitative estimate of drug-likeness (QED) is 0.763. The summed E-state index contributed by atoms with van der Waals surface area (Å²) >= 11 is 0. The van der Waals surface area contributed by atoms with Gasteiger partial charge in [-0.05, 0) is 32.4 Å². The average Bonchev–Trinajstić information content (AvgIpc) is 2.45. The fourth-order valence-corrected chi connectivity index (χ4v) is 1.63. The molecule has 0 atom stereocenters. The van der Waals surface area contributed by atoms with E-state index >= 15 is 0 Å². The van der Waals surface area contributed by atoms with Gasteiger partial charge < -0.3 is 0 Å². The van der Waals surface area contributed by atoms with Crippen LogP contribution < -0.4 is 5.69 Å². The fraction of sp³-hybridized carbons (Fsp3) is 0.273. The van der Waals surface area contributed by atoms with Crippen LogP contribution in [0.15, 0.2) is 23.0 Å². The monoisotopic (exact) mass is 203 g/mol. The summed E-state index contributed by atoms with van der Waals surface area (Å²) in [6.07, 6.45) is 0. The lowest BCUT2D eigenvalue weighted by atomic mass is 10.1. The molecular formula is C11H13N3O. The Labute approximate surface area is 87.6 Å². The van der Waals surface area contributed by atoms with Crippen molar-refractivity contribution in [2.24, 2.45) is 0 Å². The summed E-state index contributed by atoms with van der Waals surface area (Å²) in [6.45, 7) is 5.76. The molecule has 1 heterocycles. The number of aryl methyl sites for hydroxylation is 3. The normalized spacial score (nSPS) is 10.6. The molecular weight excluding hydrogens is 190 g/mol. The van der Waals surface area contributed by atoms with Crippen molar-refractivity contribution in [3.8, 4) is 5.69 Å². The molecule has 0 aliphatic rings. The van der Waals surface area contributed by atoms with Crippen molar-refractivity contribution in [3.63, 3.8) is 0 Å². The van der Waals surface area contributed by atoms with Gasteiger partial charge in [0.25, 0.3) is 0 Å². The van der Waals surface area contributed by atoms with Gasteiger partial charge in [-0.25, -0.2) is 4.79 Å². The molecule has 1 aromatic heterocycles. The Hall–Kier alpha value is -1.84. The van der Waals surface area contributed by atoms with Gasteiger partial charge in [-0.2, -0.15) is 9.78 Å². The molecule has 0 aliphatic heterocycles. The number of hydrogen-bond acceptors (Lipinski definition) is 2. The third kappa shape index (κ3) is 1.70. The summed E-state index contributed by atoms with van der Waals surface area (Å²) in [7, 11) is 0. The van der Waals surface area contributed by atoms with Crippen molar-refractivity contribution in [3.05, 3.63) is 45.6 Å². The highest BCUT2D eigenvalue weighted by atomic mass is 16.1. The zero-order valence-corrected chi connectivity index (χ0v) is 9.03. The number of aromatic nitrogens is 3. The van der Waals surface area contributed by atoms with Gasteiger partial charge in [-0.3, -0.25) is 4.98 Å². The molecule has 0 radical (unpaired) electrons. The van der Waals surface area contributed by atoms with Gasteiger partial charge in [0.15, 0.2) is 0 Å². The van der Waals surface area contributed by atoms with E-state index in [-0.39, 0.29) is 5.69 Å². The van der Waals surface area contributed by atoms with E-state index in [0.717, 1.165) is 11.3 Å². The Balaban J connectivity index is 2.64. The Morgan fingerprint density at radius 3 is 2.53 bits per heavy atom. The molecule has 0 unspecified atom stereocenters. The van der Waals surface area contributed by atoms with Gasteiger partial charge in [-0.1, -0.05) is 17.7 Å². The first-order chi connectivity index (χ1) is 7.08. The maximum atomic E-state index is 11.5. The van der Waals surface area contributed by atoms with Crippen LogP contribution in [0.1, 0.15) is 17.0 Å². The number of benzene rings is 1. The van der Waals surface area contributed by atoms with Gasteiger partial charge in [0, 0.05) is 0 Å². The van der Waals surface area contributed by atoms with Crippen molar-refractivity contribution in [1.29, 1.82) is 0 Å². The molecule has 0 spiro atoms. The first kappa shape index (κ1) is 9.71. The summed E-state index contributed by atoms with van der Waals surface area (Å²) in [5, 5.41) is 4.12. The SMILES string of the molecule is Cc1ccc(-n2nc(C)[nH]c2=O)c(C)c1. The van der Waals surface area contributed by atoms with Crippen LogP contribution in [-0.4, -0.2) is 14.8 Å². The molecule has 4 nitrogen and oxygen atoms in total. The molecule has 0 fully saturated rings. The van der Waals surface area contributed by atoms with E-state index in [4.69, 9.17) is 0 Å². The van der Waals surface area contributed by atoms with E-state index in [1.165, 1.54) is 10.2 Å². The highest BCUT2D eigenvalue weighted by Gasteiger charge is 2.06. The minimum absolute atomic E-state index is 0.195. The molecule has 4 heteroatoms. The Kier molecular flexibility index (Phi) is 2.19. The van der Waals surface area contributed by atoms with Crippen LogP contribution in [0.25, 0.3) is 5.69 Å². The number of nitrogens with one attached hydrogen (secondary N) is 1. The summed E-state index contributed by atoms with van der Waals surface area (Å²) in [6, 6.07) is 5.91. The van der Waals surface area contributed by atoms with E-state index in [9.17, 15) is 4.79 Å². The fourth-order valence-electron chi connectivity index (χ4n) is 1.63. The second-order valence-corrected chi connectivity index (χ2v) is 3.72. The van der Waals surface area contributed by atoms with E-state index in [2.05, 4.69) is 10.1 Å². The molecule has 0 amide bonds. The molecule has 1 aromatic carbocycles. The van der Waals surface area contributed by atoms with Crippen molar-refractivity contribution in [2.45, 2.75) is 20.8 Å². The lowest BCUT2D eigenvalue weighted by molar-refractivity contribution is 0.826. The number of nitrogens with zero attached hydrogens (tertiary/aromatic N) is 2. The lowest BCUT2D eigenvalue weighted by Crippen LogP contribution is -2.16. The van der Waals surface area contributed by atoms with Gasteiger partial charge >= 0.3 is 5.69 Å². The molecule has 78 valence electrons. The summed E-state index contributed by atoms with van der Waals surface area (Å²) in [4.78, 5) is 14.2. The van der Waals surface area contributed by atoms with Crippen LogP contribution in [0.2, 0.25) is 0 Å². The number of hydrogen-bond donors (Lipinski definition) is 1. The first-order valence-corrected chi connectivity index (χ1v) is 4.81. The smallest absolute Gasteiger partial charge is 0.293 e. The standard InChI is InChI=1S/C11H13N3O/c1-7-4-5-10(8(2)6-7)14-11(15)12-9(3)13-14/h4-6H,1-3H3,(H,12,13,15). The van der Waals surface area contributed by atoms with E-state index in [0.29, 0.717) is 5.82 Å². The van der Waals surface area contributed by atoms with E-state index in [1.54, 1.807) is 6.92 Å². The summed E-state index contributed by atoms with van der Waals surface area (Å²) < 4.78 is 1.39. The molecule has 0 aliphatic carbocycles. The maximum absolute atomic E-state index is 11.5. The van der Waals surface area contributed by atoms with Crippen molar-refractivity contribution in [2.75, 3.05) is 0 Å². The summed E-state index contributed by atoms with van der Waals surface area (Å²) in [5.41, 5.74) is 2.86. The maximum Gasteiger partial charge on any atom is 0.348 e. The Morgan fingerprint density at radius 1 is 1.27 bits per heavy atom. The molecule has 0 saturated heterocycles. The third-order valence-electron chi connectivity index (χ3n) is 2.31. The van der Waals surface area contributed by atoms with Crippen LogP contribution >= 0.6 is 0 Å². The van der Waals surface area contributed by atoms with Crippen molar-refractivity contribution >= 4 is 0 Å². The minimum Gasteiger partial charge on any atom is -0.293 e. The number of rotatable bonds is 1. The predicted molar refractivity (Wildman–Crippen MR) is 58.4 cm³/mol. The van der Waals surface area contributed by atoms with Gasteiger partial charge in [0.05, 0.1) is 5.69 Å². The minimum atomic E-state index is -0.195. The molecule has 2 rings (SSSR count). The van der Waals surface area contributed by atoms with Crippen LogP contribution in [0, 0.1) is 20.8 Å². The largest absolute Gasteiger partial charge is 0.348 e. The third-order valence-corrected chi connectivity index (χ3v) is 2.31. The Morgan fingerprint density at radius 2 is 2.00 bits per heavy atom. The molecule has 15 heavy (non-hydrogen) atoms. The second-order valence-electron chi connectivity index (χ2n) is 3.72. The van der Waals surface area contributed by atoms with Crippen LogP contribution in [-0.2, 0) is 0 Å². The lowest BCUT2D eigenvalue weighted by Gasteiger charge is -2.04. The molecule has 2 aromatic rings. The average molecular weight is 203 g/mol. The van der Waals surface area contributed by atoms with Crippen LogP contribution in [0.4, 0.5) is 0 Å². The molecule has 0 saturated carbocycles.